The van der Waals surface area contributed by atoms with Gasteiger partial charge in [-0.1, -0.05) is 17.7 Å². The molecule has 0 aliphatic rings. The molecule has 0 atom stereocenters. The zero-order valence-corrected chi connectivity index (χ0v) is 17.7. The van der Waals surface area contributed by atoms with Gasteiger partial charge in [-0.05, 0) is 43.0 Å². The normalized spacial score (nSPS) is 10.6. The van der Waals surface area contributed by atoms with Gasteiger partial charge in [-0.15, -0.1) is 0 Å². The molecule has 4 aromatic rings. The first-order valence-electron chi connectivity index (χ1n) is 9.54. The van der Waals surface area contributed by atoms with E-state index < -0.39 is 0 Å². The molecule has 0 saturated heterocycles. The molecule has 0 fully saturated rings. The van der Waals surface area contributed by atoms with E-state index in [1.54, 1.807) is 12.4 Å². The molecular weight excluding hydrogens is 414 g/mol. The Kier molecular flexibility index (Phi) is 5.87. The number of ether oxygens (including phenoxy) is 1. The maximum absolute atomic E-state index is 9.34. The first-order chi connectivity index (χ1) is 15.1. The van der Waals surface area contributed by atoms with Gasteiger partial charge in [0.25, 0.3) is 0 Å². The third-order valence-electron chi connectivity index (χ3n) is 5.00. The van der Waals surface area contributed by atoms with Crippen molar-refractivity contribution in [3.8, 4) is 17.6 Å². The molecule has 154 valence electrons. The zero-order valence-electron chi connectivity index (χ0n) is 16.9. The highest BCUT2D eigenvalue weighted by Gasteiger charge is 2.13. The zero-order chi connectivity index (χ0) is 21.8. The Labute approximate surface area is 184 Å². The number of fused-ring (bicyclic) bond motifs is 1. The summed E-state index contributed by atoms with van der Waals surface area (Å²) in [6.07, 6.45) is 8.39. The van der Waals surface area contributed by atoms with E-state index in [9.17, 15) is 5.26 Å². The number of rotatable bonds is 6. The van der Waals surface area contributed by atoms with Gasteiger partial charge in [-0.25, -0.2) is 19.9 Å². The highest BCUT2D eigenvalue weighted by atomic mass is 35.5. The summed E-state index contributed by atoms with van der Waals surface area (Å²) in [7, 11) is 0. The van der Waals surface area contributed by atoms with Crippen LogP contribution in [0.2, 0.25) is 5.02 Å². The molecule has 1 aromatic carbocycles. The molecule has 3 heterocycles. The number of benzene rings is 1. The van der Waals surface area contributed by atoms with E-state index in [-0.39, 0.29) is 10.6 Å². The fourth-order valence-corrected chi connectivity index (χ4v) is 3.39. The van der Waals surface area contributed by atoms with Crippen molar-refractivity contribution in [1.82, 2.24) is 24.9 Å². The van der Waals surface area contributed by atoms with Gasteiger partial charge >= 0.3 is 0 Å². The summed E-state index contributed by atoms with van der Waals surface area (Å²) >= 11 is 6.05. The molecule has 0 amide bonds. The predicted molar refractivity (Wildman–Crippen MR) is 117 cm³/mol. The van der Waals surface area contributed by atoms with E-state index in [0.717, 1.165) is 17.5 Å². The Bertz CT molecular complexity index is 1300. The van der Waals surface area contributed by atoms with E-state index in [4.69, 9.17) is 16.3 Å². The average Bonchev–Trinajstić information content (AvgIpc) is 2.79. The number of hydrogen-bond donors (Lipinski definition) is 1. The van der Waals surface area contributed by atoms with Crippen LogP contribution in [0.4, 0.5) is 5.82 Å². The van der Waals surface area contributed by atoms with Crippen LogP contribution in [0.3, 0.4) is 0 Å². The lowest BCUT2D eigenvalue weighted by Gasteiger charge is -2.15. The van der Waals surface area contributed by atoms with Crippen molar-refractivity contribution < 1.29 is 4.74 Å². The number of halogens is 1. The molecule has 1 N–H and O–H groups in total. The van der Waals surface area contributed by atoms with E-state index in [0.29, 0.717) is 35.0 Å². The molecule has 8 nitrogen and oxygen atoms in total. The predicted octanol–water partition coefficient (Wildman–Crippen LogP) is 4.40. The molecule has 31 heavy (non-hydrogen) atoms. The highest BCUT2D eigenvalue weighted by Crippen LogP contribution is 2.32. The topological polar surface area (TPSA) is 110 Å². The second kappa shape index (κ2) is 8.90. The monoisotopic (exact) mass is 431 g/mol. The van der Waals surface area contributed by atoms with Crippen LogP contribution in [0.1, 0.15) is 22.3 Å². The van der Waals surface area contributed by atoms with Gasteiger partial charge in [-0.2, -0.15) is 5.26 Å². The van der Waals surface area contributed by atoms with Crippen LogP contribution in [-0.4, -0.2) is 31.5 Å². The van der Waals surface area contributed by atoms with Crippen LogP contribution < -0.4 is 10.1 Å². The summed E-state index contributed by atoms with van der Waals surface area (Å²) in [5.74, 6) is 1.65. The van der Waals surface area contributed by atoms with Crippen LogP contribution in [-0.2, 0) is 6.42 Å². The van der Waals surface area contributed by atoms with Crippen molar-refractivity contribution in [2.24, 2.45) is 0 Å². The smallest absolute Gasteiger partial charge is 0.183 e. The maximum atomic E-state index is 9.34. The minimum absolute atomic E-state index is 0.263. The summed E-state index contributed by atoms with van der Waals surface area (Å²) in [4.78, 5) is 20.9. The van der Waals surface area contributed by atoms with Crippen molar-refractivity contribution >= 4 is 28.6 Å². The molecule has 0 bridgehead atoms. The van der Waals surface area contributed by atoms with Crippen molar-refractivity contribution in [3.05, 3.63) is 70.5 Å². The molecule has 4 rings (SSSR count). The van der Waals surface area contributed by atoms with E-state index in [2.05, 4.69) is 36.3 Å². The van der Waals surface area contributed by atoms with Crippen LogP contribution in [0.15, 0.2) is 43.2 Å². The SMILES string of the molecule is Cc1c(CCNc2ncnc3nccnc23)ccc(Oc2cncc(Cl)c2C#N)c1C. The molecule has 0 saturated carbocycles. The van der Waals surface area contributed by atoms with Gasteiger partial charge in [0.2, 0.25) is 0 Å². The van der Waals surface area contributed by atoms with Crippen LogP contribution in [0.5, 0.6) is 11.5 Å². The minimum atomic E-state index is 0.263. The number of hydrogen-bond acceptors (Lipinski definition) is 8. The Balaban J connectivity index is 1.49. The summed E-state index contributed by atoms with van der Waals surface area (Å²) in [5.41, 5.74) is 4.74. The third-order valence-corrected chi connectivity index (χ3v) is 5.29. The molecule has 0 aliphatic carbocycles. The van der Waals surface area contributed by atoms with Crippen LogP contribution >= 0.6 is 11.6 Å². The molecule has 0 unspecified atom stereocenters. The lowest BCUT2D eigenvalue weighted by molar-refractivity contribution is 0.474. The molecule has 0 spiro atoms. The number of aromatic nitrogens is 5. The first-order valence-corrected chi connectivity index (χ1v) is 9.92. The lowest BCUT2D eigenvalue weighted by atomic mass is 10.00. The van der Waals surface area contributed by atoms with Gasteiger partial charge < -0.3 is 10.1 Å². The number of nitrogens with zero attached hydrogens (tertiary/aromatic N) is 6. The fraction of sp³-hybridized carbons (Fsp3) is 0.182. The second-order valence-electron chi connectivity index (χ2n) is 6.81. The van der Waals surface area contributed by atoms with Gasteiger partial charge in [0.15, 0.2) is 17.2 Å². The summed E-state index contributed by atoms with van der Waals surface area (Å²) in [6.45, 7) is 4.70. The number of pyridine rings is 1. The minimum Gasteiger partial charge on any atom is -0.454 e. The van der Waals surface area contributed by atoms with Crippen molar-refractivity contribution in [2.45, 2.75) is 20.3 Å². The standard InChI is InChI=1S/C22H18ClN7O/c1-13-14(2)18(31-19-11-25-10-17(23)16(19)9-24)4-3-15(13)5-6-27-21-20-22(30-12-29-21)28-8-7-26-20/h3-4,7-8,10-12H,5-6H2,1-2H3,(H,27,28,29,30). The van der Waals surface area contributed by atoms with Crippen molar-refractivity contribution in [2.75, 3.05) is 11.9 Å². The Morgan fingerprint density at radius 1 is 1.03 bits per heavy atom. The van der Waals surface area contributed by atoms with E-state index >= 15 is 0 Å². The summed E-state index contributed by atoms with van der Waals surface area (Å²) in [6, 6.07) is 5.97. The maximum Gasteiger partial charge on any atom is 0.183 e. The van der Waals surface area contributed by atoms with Crippen molar-refractivity contribution in [3.63, 3.8) is 0 Å². The summed E-state index contributed by atoms with van der Waals surface area (Å²) in [5, 5.41) is 12.9. The Morgan fingerprint density at radius 3 is 2.71 bits per heavy atom. The Hall–Kier alpha value is -3.83. The van der Waals surface area contributed by atoms with Crippen LogP contribution in [0, 0.1) is 25.2 Å². The highest BCUT2D eigenvalue weighted by molar-refractivity contribution is 6.31. The lowest BCUT2D eigenvalue weighted by Crippen LogP contribution is -2.09. The fourth-order valence-electron chi connectivity index (χ4n) is 3.19. The molecule has 3 aromatic heterocycles. The van der Waals surface area contributed by atoms with E-state index in [1.807, 2.05) is 26.0 Å². The Morgan fingerprint density at radius 2 is 1.87 bits per heavy atom. The number of anilines is 1. The largest absolute Gasteiger partial charge is 0.454 e. The summed E-state index contributed by atoms with van der Waals surface area (Å²) < 4.78 is 5.95. The molecule has 9 heteroatoms. The quantitative estimate of drug-likeness (QED) is 0.478. The van der Waals surface area contributed by atoms with Crippen LogP contribution in [0.25, 0.3) is 11.2 Å². The molecule has 0 radical (unpaired) electrons. The molecule has 0 aliphatic heterocycles. The van der Waals surface area contributed by atoms with Crippen molar-refractivity contribution in [1.29, 1.82) is 5.26 Å². The van der Waals surface area contributed by atoms with Gasteiger partial charge in [0.1, 0.15) is 29.2 Å². The first kappa shape index (κ1) is 20.4. The second-order valence-corrected chi connectivity index (χ2v) is 7.22. The number of nitrogens with one attached hydrogen (secondary N) is 1. The van der Waals surface area contributed by atoms with Gasteiger partial charge in [0, 0.05) is 25.1 Å². The van der Waals surface area contributed by atoms with E-state index in [1.165, 1.54) is 24.3 Å². The third kappa shape index (κ3) is 4.22. The number of nitriles is 1. The average molecular weight is 432 g/mol. The van der Waals surface area contributed by atoms with Gasteiger partial charge in [-0.3, -0.25) is 4.98 Å². The van der Waals surface area contributed by atoms with Gasteiger partial charge in [0.05, 0.1) is 11.2 Å². The molecular formula is C22H18ClN7O.